The summed E-state index contributed by atoms with van der Waals surface area (Å²) >= 11 is 0. The van der Waals surface area contributed by atoms with E-state index >= 15 is 0 Å². The van der Waals surface area contributed by atoms with Crippen LogP contribution in [0, 0.1) is 0 Å². The summed E-state index contributed by atoms with van der Waals surface area (Å²) in [4.78, 5) is 0. The second kappa shape index (κ2) is 15.6. The van der Waals surface area contributed by atoms with Crippen molar-refractivity contribution in [3.63, 3.8) is 0 Å². The molecule has 0 saturated carbocycles. The van der Waals surface area contributed by atoms with E-state index in [0.29, 0.717) is 6.61 Å². The monoisotopic (exact) mass is 372 g/mol. The quantitative estimate of drug-likeness (QED) is 0.286. The minimum Gasteiger partial charge on any atom is -0.394 e. The van der Waals surface area contributed by atoms with Gasteiger partial charge < -0.3 is 24.8 Å². The van der Waals surface area contributed by atoms with Crippen molar-refractivity contribution >= 4 is 0 Å². The first-order chi connectivity index (χ1) is 12.7. The number of rotatable bonds is 16. The lowest BCUT2D eigenvalue weighted by Gasteiger charge is -2.24. The van der Waals surface area contributed by atoms with Gasteiger partial charge in [-0.15, -0.1) is 0 Å². The summed E-state index contributed by atoms with van der Waals surface area (Å²) in [6.45, 7) is 2.67. The van der Waals surface area contributed by atoms with Gasteiger partial charge in [0.15, 0.2) is 0 Å². The molecule has 26 heavy (non-hydrogen) atoms. The summed E-state index contributed by atoms with van der Waals surface area (Å²) in [6.07, 6.45) is 15.0. The Hall–Kier alpha value is -0.460. The Morgan fingerprint density at radius 2 is 1.58 bits per heavy atom. The van der Waals surface area contributed by atoms with E-state index in [0.717, 1.165) is 12.8 Å². The van der Waals surface area contributed by atoms with Crippen LogP contribution < -0.4 is 0 Å². The van der Waals surface area contributed by atoms with Crippen molar-refractivity contribution in [1.82, 2.24) is 0 Å². The van der Waals surface area contributed by atoms with Crippen molar-refractivity contribution in [2.24, 2.45) is 0 Å². The van der Waals surface area contributed by atoms with Crippen molar-refractivity contribution in [3.8, 4) is 0 Å². The van der Waals surface area contributed by atoms with Crippen LogP contribution in [0.4, 0.5) is 0 Å². The van der Waals surface area contributed by atoms with E-state index < -0.39 is 24.4 Å². The highest BCUT2D eigenvalue weighted by atomic mass is 16.6. The third-order valence-electron chi connectivity index (χ3n) is 4.97. The van der Waals surface area contributed by atoms with Gasteiger partial charge in [0.2, 0.25) is 0 Å². The van der Waals surface area contributed by atoms with Crippen LogP contribution in [0.15, 0.2) is 12.2 Å². The van der Waals surface area contributed by atoms with Gasteiger partial charge in [-0.1, -0.05) is 64.0 Å². The molecule has 0 unspecified atom stereocenters. The van der Waals surface area contributed by atoms with Crippen molar-refractivity contribution < 1.29 is 24.8 Å². The predicted molar refractivity (Wildman–Crippen MR) is 104 cm³/mol. The average Bonchev–Trinajstić information content (AvgIpc) is 2.98. The van der Waals surface area contributed by atoms with Crippen molar-refractivity contribution in [2.45, 2.75) is 102 Å². The number of allylic oxidation sites excluding steroid dienone is 2. The standard InChI is InChI=1S/C21H40O5/c1-2-3-4-5-6-7-8-9-10-11-12-13-14-15-25-19(16-22)21-20(24)18(23)17-26-21/h5-6,18-24H,2-4,7-17H2,1H3/b6-5+/t18-,19+,20+,21+/m1/s1. The normalized spacial score (nSPS) is 24.5. The fourth-order valence-electron chi connectivity index (χ4n) is 3.25. The molecule has 5 nitrogen and oxygen atoms in total. The van der Waals surface area contributed by atoms with Gasteiger partial charge in [0, 0.05) is 6.61 Å². The van der Waals surface area contributed by atoms with Crippen LogP contribution in [0.1, 0.15) is 77.6 Å². The molecule has 5 heteroatoms. The predicted octanol–water partition coefficient (Wildman–Crippen LogP) is 3.35. The highest BCUT2D eigenvalue weighted by Gasteiger charge is 2.40. The molecule has 1 heterocycles. The Morgan fingerprint density at radius 3 is 2.15 bits per heavy atom. The highest BCUT2D eigenvalue weighted by molar-refractivity contribution is 4.88. The summed E-state index contributed by atoms with van der Waals surface area (Å²) in [5.74, 6) is 0. The molecule has 4 atom stereocenters. The molecule has 0 aromatic carbocycles. The first kappa shape index (κ1) is 23.6. The third kappa shape index (κ3) is 10.0. The van der Waals surface area contributed by atoms with E-state index in [9.17, 15) is 15.3 Å². The number of hydrogen-bond acceptors (Lipinski definition) is 5. The van der Waals surface area contributed by atoms with E-state index in [1.165, 1.54) is 57.8 Å². The second-order valence-electron chi connectivity index (χ2n) is 7.32. The van der Waals surface area contributed by atoms with E-state index in [1.54, 1.807) is 0 Å². The number of aliphatic hydroxyl groups excluding tert-OH is 3. The Bertz CT molecular complexity index is 347. The van der Waals surface area contributed by atoms with Crippen LogP contribution in [0.5, 0.6) is 0 Å². The lowest BCUT2D eigenvalue weighted by Crippen LogP contribution is -2.42. The minimum absolute atomic E-state index is 0.0974. The molecule has 3 N–H and O–H groups in total. The number of aliphatic hydroxyl groups is 3. The number of hydrogen-bond donors (Lipinski definition) is 3. The highest BCUT2D eigenvalue weighted by Crippen LogP contribution is 2.20. The van der Waals surface area contributed by atoms with Gasteiger partial charge in [0.1, 0.15) is 24.4 Å². The molecule has 0 spiro atoms. The fourth-order valence-corrected chi connectivity index (χ4v) is 3.25. The summed E-state index contributed by atoms with van der Waals surface area (Å²) in [6, 6.07) is 0. The smallest absolute Gasteiger partial charge is 0.114 e. The Kier molecular flexibility index (Phi) is 14.1. The first-order valence-electron chi connectivity index (χ1n) is 10.6. The van der Waals surface area contributed by atoms with Gasteiger partial charge in [0.25, 0.3) is 0 Å². The van der Waals surface area contributed by atoms with Crippen LogP contribution in [-0.2, 0) is 9.47 Å². The van der Waals surface area contributed by atoms with Gasteiger partial charge in [-0.3, -0.25) is 0 Å². The Morgan fingerprint density at radius 1 is 0.962 bits per heavy atom. The number of ether oxygens (including phenoxy) is 2. The fraction of sp³-hybridized carbons (Fsp3) is 0.905. The summed E-state index contributed by atoms with van der Waals surface area (Å²) in [5, 5.41) is 28.7. The van der Waals surface area contributed by atoms with Gasteiger partial charge in [0.05, 0.1) is 13.2 Å². The zero-order valence-electron chi connectivity index (χ0n) is 16.5. The van der Waals surface area contributed by atoms with Crippen LogP contribution in [0.2, 0.25) is 0 Å². The summed E-state index contributed by atoms with van der Waals surface area (Å²) < 4.78 is 11.0. The maximum atomic E-state index is 9.80. The third-order valence-corrected chi connectivity index (χ3v) is 4.97. The molecular formula is C21H40O5. The van der Waals surface area contributed by atoms with Gasteiger partial charge in [-0.05, 0) is 25.7 Å². The topological polar surface area (TPSA) is 79.2 Å². The van der Waals surface area contributed by atoms with Crippen LogP contribution in [0.25, 0.3) is 0 Å². The molecule has 154 valence electrons. The Labute approximate surface area is 159 Å². The van der Waals surface area contributed by atoms with Crippen LogP contribution in [0.3, 0.4) is 0 Å². The van der Waals surface area contributed by atoms with E-state index in [1.807, 2.05) is 0 Å². The molecule has 0 amide bonds. The zero-order valence-corrected chi connectivity index (χ0v) is 16.5. The van der Waals surface area contributed by atoms with Gasteiger partial charge in [-0.2, -0.15) is 0 Å². The largest absolute Gasteiger partial charge is 0.394 e. The maximum Gasteiger partial charge on any atom is 0.114 e. The summed E-state index contributed by atoms with van der Waals surface area (Å²) in [5.41, 5.74) is 0. The Balaban J connectivity index is 1.90. The molecule has 0 aromatic rings. The molecule has 1 aliphatic rings. The number of unbranched alkanes of at least 4 members (excludes halogenated alkanes) is 9. The maximum absolute atomic E-state index is 9.80. The molecule has 0 radical (unpaired) electrons. The van der Waals surface area contributed by atoms with Gasteiger partial charge >= 0.3 is 0 Å². The van der Waals surface area contributed by atoms with Crippen LogP contribution >= 0.6 is 0 Å². The lowest BCUT2D eigenvalue weighted by atomic mass is 10.1. The van der Waals surface area contributed by atoms with Crippen molar-refractivity contribution in [2.75, 3.05) is 19.8 Å². The summed E-state index contributed by atoms with van der Waals surface area (Å²) in [7, 11) is 0. The van der Waals surface area contributed by atoms with E-state index in [-0.39, 0.29) is 13.2 Å². The second-order valence-corrected chi connectivity index (χ2v) is 7.32. The molecule has 1 aliphatic heterocycles. The SMILES string of the molecule is CCCC/C=C/CCCCCCCCCO[C@@H](CO)[C@@H]1OC[C@@H](O)[C@@H]1O. The zero-order chi connectivity index (χ0) is 19.0. The lowest BCUT2D eigenvalue weighted by molar-refractivity contribution is -0.101. The van der Waals surface area contributed by atoms with E-state index in [2.05, 4.69) is 19.1 Å². The molecular weight excluding hydrogens is 332 g/mol. The molecule has 1 saturated heterocycles. The van der Waals surface area contributed by atoms with Crippen molar-refractivity contribution in [1.29, 1.82) is 0 Å². The molecule has 0 aromatic heterocycles. The molecule has 0 bridgehead atoms. The van der Waals surface area contributed by atoms with Gasteiger partial charge in [-0.25, -0.2) is 0 Å². The first-order valence-corrected chi connectivity index (χ1v) is 10.6. The molecule has 1 rings (SSSR count). The average molecular weight is 373 g/mol. The van der Waals surface area contributed by atoms with E-state index in [4.69, 9.17) is 9.47 Å². The van der Waals surface area contributed by atoms with Crippen molar-refractivity contribution in [3.05, 3.63) is 12.2 Å². The molecule has 0 aliphatic carbocycles. The van der Waals surface area contributed by atoms with Crippen LogP contribution in [-0.4, -0.2) is 59.6 Å². The molecule has 1 fully saturated rings. The minimum atomic E-state index is -0.978.